The molecule has 0 N–H and O–H groups in total. The highest BCUT2D eigenvalue weighted by molar-refractivity contribution is 7.89. The predicted molar refractivity (Wildman–Crippen MR) is 93.3 cm³/mol. The van der Waals surface area contributed by atoms with E-state index in [4.69, 9.17) is 9.47 Å². The summed E-state index contributed by atoms with van der Waals surface area (Å²) in [6.45, 7) is 1.81. The Labute approximate surface area is 148 Å². The molecule has 1 aromatic carbocycles. The number of ether oxygens (including phenoxy) is 2. The van der Waals surface area contributed by atoms with E-state index < -0.39 is 10.0 Å². The molecule has 0 spiro atoms. The number of methoxy groups -OCH3 is 2. The Hall–Kier alpha value is -2.06. The van der Waals surface area contributed by atoms with Crippen LogP contribution in [0, 0.1) is 5.92 Å². The van der Waals surface area contributed by atoms with Crippen LogP contribution in [0.1, 0.15) is 12.8 Å². The second kappa shape index (κ2) is 7.45. The Balaban J connectivity index is 1.73. The van der Waals surface area contributed by atoms with Crippen molar-refractivity contribution in [1.82, 2.24) is 14.1 Å². The van der Waals surface area contributed by atoms with Crippen molar-refractivity contribution in [2.75, 3.05) is 27.3 Å². The molecule has 0 radical (unpaired) electrons. The van der Waals surface area contributed by atoms with E-state index in [2.05, 4.69) is 5.10 Å². The average molecular weight is 365 g/mol. The number of nitrogens with zero attached hydrogens (tertiary/aromatic N) is 3. The van der Waals surface area contributed by atoms with E-state index in [9.17, 15) is 8.42 Å². The summed E-state index contributed by atoms with van der Waals surface area (Å²) in [5.74, 6) is 1.26. The molecular formula is C17H23N3O4S. The van der Waals surface area contributed by atoms with E-state index in [1.165, 1.54) is 24.6 Å². The number of aromatic nitrogens is 2. The minimum Gasteiger partial charge on any atom is -0.497 e. The van der Waals surface area contributed by atoms with Gasteiger partial charge in [0.1, 0.15) is 16.4 Å². The zero-order valence-electron chi connectivity index (χ0n) is 14.5. The van der Waals surface area contributed by atoms with Gasteiger partial charge in [-0.25, -0.2) is 8.42 Å². The molecule has 8 heteroatoms. The molecule has 0 amide bonds. The van der Waals surface area contributed by atoms with Crippen LogP contribution in [-0.2, 0) is 16.6 Å². The molecule has 2 heterocycles. The van der Waals surface area contributed by atoms with Crippen molar-refractivity contribution >= 4 is 10.0 Å². The van der Waals surface area contributed by atoms with Crippen LogP contribution < -0.4 is 9.47 Å². The molecule has 1 aliphatic heterocycles. The van der Waals surface area contributed by atoms with Crippen LogP contribution in [0.3, 0.4) is 0 Å². The Morgan fingerprint density at radius 3 is 2.56 bits per heavy atom. The number of rotatable bonds is 6. The topological polar surface area (TPSA) is 73.7 Å². The number of piperidine rings is 1. The van der Waals surface area contributed by atoms with Gasteiger partial charge < -0.3 is 9.47 Å². The fourth-order valence-corrected chi connectivity index (χ4v) is 4.77. The van der Waals surface area contributed by atoms with Gasteiger partial charge in [0, 0.05) is 38.1 Å². The molecule has 25 heavy (non-hydrogen) atoms. The molecule has 2 aromatic rings. The van der Waals surface area contributed by atoms with Crippen molar-refractivity contribution in [2.45, 2.75) is 24.3 Å². The first-order valence-electron chi connectivity index (χ1n) is 8.24. The standard InChI is InChI=1S/C17H23N3O4S/c1-23-15-4-5-16(24-2)17(12-15)25(21,22)20-10-6-14(7-11-20)13-19-9-3-8-18-19/h3-5,8-9,12,14H,6-7,10-11,13H2,1-2H3. The molecule has 3 rings (SSSR count). The molecule has 0 unspecified atom stereocenters. The largest absolute Gasteiger partial charge is 0.497 e. The molecule has 1 saturated heterocycles. The monoisotopic (exact) mass is 365 g/mol. The summed E-state index contributed by atoms with van der Waals surface area (Å²) in [5, 5.41) is 4.22. The highest BCUT2D eigenvalue weighted by Crippen LogP contribution is 2.32. The molecule has 1 aromatic heterocycles. The van der Waals surface area contributed by atoms with E-state index in [1.807, 2.05) is 16.9 Å². The quantitative estimate of drug-likeness (QED) is 0.783. The van der Waals surface area contributed by atoms with Gasteiger partial charge in [0.15, 0.2) is 0 Å². The van der Waals surface area contributed by atoms with Gasteiger partial charge in [-0.2, -0.15) is 9.40 Å². The van der Waals surface area contributed by atoms with Crippen molar-refractivity contribution < 1.29 is 17.9 Å². The van der Waals surface area contributed by atoms with Crippen molar-refractivity contribution in [3.05, 3.63) is 36.7 Å². The molecule has 0 atom stereocenters. The minimum atomic E-state index is -3.62. The summed E-state index contributed by atoms with van der Waals surface area (Å²) >= 11 is 0. The summed E-state index contributed by atoms with van der Waals surface area (Å²) in [7, 11) is -0.635. The first-order valence-corrected chi connectivity index (χ1v) is 9.68. The average Bonchev–Trinajstić information content (AvgIpc) is 3.14. The molecule has 0 saturated carbocycles. The van der Waals surface area contributed by atoms with Gasteiger partial charge in [-0.3, -0.25) is 4.68 Å². The second-order valence-corrected chi connectivity index (χ2v) is 8.00. The molecule has 136 valence electrons. The lowest BCUT2D eigenvalue weighted by molar-refractivity contribution is 0.246. The maximum atomic E-state index is 13.0. The third kappa shape index (κ3) is 3.80. The fourth-order valence-electron chi connectivity index (χ4n) is 3.13. The van der Waals surface area contributed by atoms with Gasteiger partial charge >= 0.3 is 0 Å². The summed E-state index contributed by atoms with van der Waals surface area (Å²) in [5.41, 5.74) is 0. The van der Waals surface area contributed by atoms with Gasteiger partial charge in [0.2, 0.25) is 10.0 Å². The Kier molecular flexibility index (Phi) is 5.29. The number of benzene rings is 1. The summed E-state index contributed by atoms with van der Waals surface area (Å²) in [4.78, 5) is 0.153. The van der Waals surface area contributed by atoms with Gasteiger partial charge in [-0.15, -0.1) is 0 Å². The molecule has 7 nitrogen and oxygen atoms in total. The van der Waals surface area contributed by atoms with Gasteiger partial charge in [0.05, 0.1) is 14.2 Å². The van der Waals surface area contributed by atoms with Gasteiger partial charge in [-0.1, -0.05) is 0 Å². The van der Waals surface area contributed by atoms with E-state index in [-0.39, 0.29) is 4.90 Å². The van der Waals surface area contributed by atoms with E-state index in [1.54, 1.807) is 18.3 Å². The van der Waals surface area contributed by atoms with Crippen molar-refractivity contribution in [1.29, 1.82) is 0 Å². The second-order valence-electron chi connectivity index (χ2n) is 6.09. The van der Waals surface area contributed by atoms with Gasteiger partial charge in [0.25, 0.3) is 0 Å². The summed E-state index contributed by atoms with van der Waals surface area (Å²) < 4.78 is 39.9. The highest BCUT2D eigenvalue weighted by Gasteiger charge is 2.32. The predicted octanol–water partition coefficient (Wildman–Crippen LogP) is 2.00. The van der Waals surface area contributed by atoms with Crippen LogP contribution in [0.15, 0.2) is 41.6 Å². The van der Waals surface area contributed by atoms with Crippen LogP contribution in [0.4, 0.5) is 0 Å². The van der Waals surface area contributed by atoms with E-state index in [0.717, 1.165) is 19.4 Å². The van der Waals surface area contributed by atoms with Crippen LogP contribution >= 0.6 is 0 Å². The molecule has 1 fully saturated rings. The lowest BCUT2D eigenvalue weighted by Crippen LogP contribution is -2.39. The van der Waals surface area contributed by atoms with Crippen molar-refractivity contribution in [3.63, 3.8) is 0 Å². The van der Waals surface area contributed by atoms with Crippen LogP contribution in [-0.4, -0.2) is 49.8 Å². The Morgan fingerprint density at radius 1 is 1.20 bits per heavy atom. The van der Waals surface area contributed by atoms with E-state index >= 15 is 0 Å². The van der Waals surface area contributed by atoms with Crippen LogP contribution in [0.25, 0.3) is 0 Å². The third-order valence-electron chi connectivity index (χ3n) is 4.57. The number of hydrogen-bond donors (Lipinski definition) is 0. The zero-order chi connectivity index (χ0) is 17.9. The van der Waals surface area contributed by atoms with Crippen LogP contribution in [0.2, 0.25) is 0 Å². The zero-order valence-corrected chi connectivity index (χ0v) is 15.3. The molecular weight excluding hydrogens is 342 g/mol. The first kappa shape index (κ1) is 17.8. The Morgan fingerprint density at radius 2 is 1.96 bits per heavy atom. The fraction of sp³-hybridized carbons (Fsp3) is 0.471. The maximum Gasteiger partial charge on any atom is 0.246 e. The SMILES string of the molecule is COc1ccc(OC)c(S(=O)(=O)N2CCC(Cn3cccn3)CC2)c1. The van der Waals surface area contributed by atoms with Crippen molar-refractivity contribution in [3.8, 4) is 11.5 Å². The number of hydrogen-bond acceptors (Lipinski definition) is 5. The highest BCUT2D eigenvalue weighted by atomic mass is 32.2. The minimum absolute atomic E-state index is 0.153. The number of sulfonamides is 1. The maximum absolute atomic E-state index is 13.0. The molecule has 0 aliphatic carbocycles. The van der Waals surface area contributed by atoms with Gasteiger partial charge in [-0.05, 0) is 37.0 Å². The normalized spacial score (nSPS) is 16.7. The third-order valence-corrected chi connectivity index (χ3v) is 6.49. The summed E-state index contributed by atoms with van der Waals surface area (Å²) in [6.07, 6.45) is 5.32. The first-order chi connectivity index (χ1) is 12.0. The van der Waals surface area contributed by atoms with Crippen molar-refractivity contribution in [2.24, 2.45) is 5.92 Å². The Bertz CT molecular complexity index is 797. The molecule has 0 bridgehead atoms. The lowest BCUT2D eigenvalue weighted by atomic mass is 9.98. The van der Waals surface area contributed by atoms with Crippen LogP contribution in [0.5, 0.6) is 11.5 Å². The lowest BCUT2D eigenvalue weighted by Gasteiger charge is -2.31. The van der Waals surface area contributed by atoms with E-state index in [0.29, 0.717) is 30.5 Å². The summed E-state index contributed by atoms with van der Waals surface area (Å²) in [6, 6.07) is 6.73. The smallest absolute Gasteiger partial charge is 0.246 e. The molecule has 1 aliphatic rings.